The maximum atomic E-state index is 10.8. The zero-order valence-corrected chi connectivity index (χ0v) is 11.6. The van der Waals surface area contributed by atoms with Crippen LogP contribution in [0.1, 0.15) is 0 Å². The minimum absolute atomic E-state index is 0.0913. The summed E-state index contributed by atoms with van der Waals surface area (Å²) in [6.07, 6.45) is 0. The van der Waals surface area contributed by atoms with Crippen molar-refractivity contribution in [2.45, 2.75) is 0 Å². The molecule has 0 radical (unpaired) electrons. The molecule has 0 aliphatic rings. The van der Waals surface area contributed by atoms with Gasteiger partial charge >= 0.3 is 0 Å². The maximum Gasteiger partial charge on any atom is 0.271 e. The normalized spacial score (nSPS) is 10.8. The fraction of sp³-hybridized carbons (Fsp3) is 0. The molecule has 0 unspecified atom stereocenters. The van der Waals surface area contributed by atoms with Crippen molar-refractivity contribution in [1.82, 2.24) is 9.71 Å². The highest BCUT2D eigenvalue weighted by atomic mass is 79.9. The minimum Gasteiger partial charge on any atom is -0.426 e. The first kappa shape index (κ1) is 12.6. The van der Waals surface area contributed by atoms with Gasteiger partial charge in [-0.3, -0.25) is 10.1 Å². The van der Waals surface area contributed by atoms with Gasteiger partial charge in [-0.05, 0) is 18.2 Å². The van der Waals surface area contributed by atoms with Crippen molar-refractivity contribution >= 4 is 32.7 Å². The number of aromatic nitrogens is 2. The Kier molecular flexibility index (Phi) is 2.90. The number of rotatable bonds is 2. The van der Waals surface area contributed by atoms with Crippen molar-refractivity contribution in [3.8, 4) is 11.4 Å². The average Bonchev–Trinajstić information content (AvgIpc) is 2.76. The number of nitrogens with zero attached hydrogens (tertiary/aromatic N) is 3. The Morgan fingerprint density at radius 1 is 1.25 bits per heavy atom. The second-order valence-electron chi connectivity index (χ2n) is 4.16. The van der Waals surface area contributed by atoms with E-state index in [0.29, 0.717) is 22.4 Å². The highest BCUT2D eigenvalue weighted by molar-refractivity contribution is 9.10. The molecule has 0 bridgehead atoms. The summed E-state index contributed by atoms with van der Waals surface area (Å²) in [5.74, 6) is 0.327. The van der Waals surface area contributed by atoms with Crippen LogP contribution in [0.2, 0.25) is 0 Å². The molecule has 0 spiro atoms. The van der Waals surface area contributed by atoms with Gasteiger partial charge in [-0.1, -0.05) is 28.1 Å². The number of halogens is 1. The van der Waals surface area contributed by atoms with Gasteiger partial charge in [0.1, 0.15) is 5.52 Å². The van der Waals surface area contributed by atoms with Gasteiger partial charge in [0.05, 0.1) is 10.4 Å². The Balaban J connectivity index is 2.26. The zero-order valence-electron chi connectivity index (χ0n) is 10.0. The second-order valence-corrected chi connectivity index (χ2v) is 5.01. The summed E-state index contributed by atoms with van der Waals surface area (Å²) in [5.41, 5.74) is 1.40. The molecule has 0 saturated heterocycles. The first-order chi connectivity index (χ1) is 9.58. The second kappa shape index (κ2) is 4.61. The van der Waals surface area contributed by atoms with Crippen LogP contribution in [0, 0.1) is 10.1 Å². The van der Waals surface area contributed by atoms with Crippen LogP contribution < -0.4 is 0 Å². The fourth-order valence-corrected chi connectivity index (χ4v) is 2.44. The predicted molar refractivity (Wildman–Crippen MR) is 76.7 cm³/mol. The van der Waals surface area contributed by atoms with Crippen molar-refractivity contribution in [2.75, 3.05) is 0 Å². The van der Waals surface area contributed by atoms with E-state index < -0.39 is 4.92 Å². The number of hydrogen-bond acceptors (Lipinski definition) is 4. The van der Waals surface area contributed by atoms with Crippen LogP contribution in [0.4, 0.5) is 5.69 Å². The molecule has 0 aliphatic carbocycles. The number of imidazole rings is 1. The first-order valence-electron chi connectivity index (χ1n) is 5.69. The van der Waals surface area contributed by atoms with Gasteiger partial charge in [0.25, 0.3) is 5.69 Å². The fourth-order valence-electron chi connectivity index (χ4n) is 1.98. The summed E-state index contributed by atoms with van der Waals surface area (Å²) in [4.78, 5) is 14.6. The molecule has 0 fully saturated rings. The molecule has 1 heterocycles. The standard InChI is InChI=1S/C13H8BrN3O3/c14-10-4-2-1-3-9(10)13-15-11-6-5-8(17(19)20)7-12(11)16(13)18/h1-7,18H. The lowest BCUT2D eigenvalue weighted by molar-refractivity contribution is -0.384. The van der Waals surface area contributed by atoms with Gasteiger partial charge in [0.2, 0.25) is 0 Å². The first-order valence-corrected chi connectivity index (χ1v) is 6.48. The molecule has 20 heavy (non-hydrogen) atoms. The maximum absolute atomic E-state index is 10.8. The summed E-state index contributed by atoms with van der Waals surface area (Å²) in [6, 6.07) is 11.5. The summed E-state index contributed by atoms with van der Waals surface area (Å²) in [6.45, 7) is 0. The van der Waals surface area contributed by atoms with Gasteiger partial charge in [-0.25, -0.2) is 4.98 Å². The summed E-state index contributed by atoms with van der Waals surface area (Å²) >= 11 is 3.39. The average molecular weight is 334 g/mol. The lowest BCUT2D eigenvalue weighted by atomic mass is 10.2. The van der Waals surface area contributed by atoms with Crippen LogP contribution in [0.15, 0.2) is 46.9 Å². The molecule has 100 valence electrons. The Labute approximate surface area is 121 Å². The molecule has 0 amide bonds. The third-order valence-electron chi connectivity index (χ3n) is 2.94. The van der Waals surface area contributed by atoms with Gasteiger partial charge < -0.3 is 5.21 Å². The Bertz CT molecular complexity index is 829. The van der Waals surface area contributed by atoms with Crippen molar-refractivity contribution in [3.05, 3.63) is 57.1 Å². The summed E-state index contributed by atoms with van der Waals surface area (Å²) in [5, 5.41) is 21.0. The van der Waals surface area contributed by atoms with E-state index in [1.807, 2.05) is 18.2 Å². The van der Waals surface area contributed by atoms with E-state index in [4.69, 9.17) is 0 Å². The van der Waals surface area contributed by atoms with Crippen LogP contribution in [-0.2, 0) is 0 Å². The van der Waals surface area contributed by atoms with Crippen molar-refractivity contribution in [1.29, 1.82) is 0 Å². The number of nitro benzene ring substituents is 1. The van der Waals surface area contributed by atoms with E-state index in [9.17, 15) is 15.3 Å². The zero-order chi connectivity index (χ0) is 14.3. The molecule has 0 atom stereocenters. The Morgan fingerprint density at radius 3 is 2.70 bits per heavy atom. The number of non-ortho nitro benzene ring substituents is 1. The minimum atomic E-state index is -0.509. The molecule has 3 aromatic rings. The van der Waals surface area contributed by atoms with E-state index in [1.54, 1.807) is 6.07 Å². The smallest absolute Gasteiger partial charge is 0.271 e. The molecule has 0 saturated carbocycles. The number of fused-ring (bicyclic) bond motifs is 1. The highest BCUT2D eigenvalue weighted by Gasteiger charge is 2.16. The van der Waals surface area contributed by atoms with Crippen molar-refractivity contribution in [3.63, 3.8) is 0 Å². The van der Waals surface area contributed by atoms with Crippen LogP contribution in [0.5, 0.6) is 0 Å². The van der Waals surface area contributed by atoms with E-state index in [2.05, 4.69) is 20.9 Å². The van der Waals surface area contributed by atoms with E-state index in [-0.39, 0.29) is 5.69 Å². The predicted octanol–water partition coefficient (Wildman–Crippen LogP) is 3.61. The van der Waals surface area contributed by atoms with Crippen LogP contribution in [-0.4, -0.2) is 19.8 Å². The lowest BCUT2D eigenvalue weighted by Crippen LogP contribution is -1.95. The SMILES string of the molecule is O=[N+]([O-])c1ccc2nc(-c3ccccc3Br)n(O)c2c1. The number of benzene rings is 2. The monoisotopic (exact) mass is 333 g/mol. The third kappa shape index (κ3) is 1.92. The quantitative estimate of drug-likeness (QED) is 0.441. The van der Waals surface area contributed by atoms with Crippen LogP contribution in [0.3, 0.4) is 0 Å². The van der Waals surface area contributed by atoms with Crippen LogP contribution >= 0.6 is 15.9 Å². The molecule has 7 heteroatoms. The number of hydrogen-bond donors (Lipinski definition) is 1. The van der Waals surface area contributed by atoms with Gasteiger partial charge in [0, 0.05) is 22.2 Å². The Hall–Kier alpha value is -2.41. The lowest BCUT2D eigenvalue weighted by Gasteiger charge is -2.03. The molecule has 3 rings (SSSR count). The number of nitro groups is 1. The largest absolute Gasteiger partial charge is 0.426 e. The van der Waals surface area contributed by atoms with Gasteiger partial charge in [0.15, 0.2) is 5.82 Å². The van der Waals surface area contributed by atoms with E-state index >= 15 is 0 Å². The Morgan fingerprint density at radius 2 is 2.00 bits per heavy atom. The molecule has 1 N–H and O–H groups in total. The van der Waals surface area contributed by atoms with Gasteiger partial charge in [-0.15, -0.1) is 0 Å². The van der Waals surface area contributed by atoms with Crippen molar-refractivity contribution in [2.24, 2.45) is 0 Å². The molecule has 0 aliphatic heterocycles. The molecule has 1 aromatic heterocycles. The summed E-state index contributed by atoms with van der Waals surface area (Å²) in [7, 11) is 0. The third-order valence-corrected chi connectivity index (χ3v) is 3.63. The topological polar surface area (TPSA) is 81.2 Å². The molecule has 2 aromatic carbocycles. The highest BCUT2D eigenvalue weighted by Crippen LogP contribution is 2.30. The molecule has 6 nitrogen and oxygen atoms in total. The van der Waals surface area contributed by atoms with E-state index in [0.717, 1.165) is 9.20 Å². The van der Waals surface area contributed by atoms with Gasteiger partial charge in [-0.2, -0.15) is 4.73 Å². The molecular weight excluding hydrogens is 326 g/mol. The van der Waals surface area contributed by atoms with Crippen LogP contribution in [0.25, 0.3) is 22.4 Å². The molecular formula is C13H8BrN3O3. The summed E-state index contributed by atoms with van der Waals surface area (Å²) < 4.78 is 1.64. The van der Waals surface area contributed by atoms with Crippen molar-refractivity contribution < 1.29 is 10.1 Å². The van der Waals surface area contributed by atoms with E-state index in [1.165, 1.54) is 18.2 Å².